The number of nitrogens with one attached hydrogen (secondary N) is 1. The number of rotatable bonds is 5. The molecule has 0 aromatic heterocycles. The molecule has 1 amide bonds. The van der Waals surface area contributed by atoms with Crippen LogP contribution in [0.5, 0.6) is 0 Å². The number of hydrogen-bond donors (Lipinski definition) is 1. The second kappa shape index (κ2) is 8.25. The van der Waals surface area contributed by atoms with Gasteiger partial charge in [-0.2, -0.15) is 0 Å². The van der Waals surface area contributed by atoms with E-state index >= 15 is 0 Å². The third-order valence-electron chi connectivity index (χ3n) is 4.35. The van der Waals surface area contributed by atoms with Crippen LogP contribution in [0.2, 0.25) is 0 Å². The molecule has 2 aromatic carbocycles. The van der Waals surface area contributed by atoms with Gasteiger partial charge in [0.05, 0.1) is 12.2 Å². The molecule has 0 spiro atoms. The standard InChI is InChI=1S/C20H24N2OS/c1-16-7-2-3-8-17(16)11-12-21-20(23)15-22-13-6-14-24-19-10-5-4-9-18(19)22/h2-5,7-10H,6,11-15H2,1H3,(H,21,23). The number of para-hydroxylation sites is 1. The van der Waals surface area contributed by atoms with E-state index in [1.807, 2.05) is 23.9 Å². The monoisotopic (exact) mass is 340 g/mol. The highest BCUT2D eigenvalue weighted by Gasteiger charge is 2.17. The molecule has 0 fully saturated rings. The van der Waals surface area contributed by atoms with Gasteiger partial charge in [0, 0.05) is 18.0 Å². The van der Waals surface area contributed by atoms with Gasteiger partial charge in [0.25, 0.3) is 0 Å². The summed E-state index contributed by atoms with van der Waals surface area (Å²) in [5.41, 5.74) is 3.77. The third kappa shape index (κ3) is 4.32. The Morgan fingerprint density at radius 1 is 1.17 bits per heavy atom. The van der Waals surface area contributed by atoms with E-state index in [1.165, 1.54) is 21.7 Å². The average Bonchev–Trinajstić information content (AvgIpc) is 2.79. The molecule has 126 valence electrons. The van der Waals surface area contributed by atoms with Crippen LogP contribution >= 0.6 is 11.8 Å². The Kier molecular flexibility index (Phi) is 5.81. The van der Waals surface area contributed by atoms with E-state index in [2.05, 4.69) is 53.5 Å². The minimum absolute atomic E-state index is 0.102. The lowest BCUT2D eigenvalue weighted by molar-refractivity contribution is -0.119. The number of benzene rings is 2. The van der Waals surface area contributed by atoms with Crippen LogP contribution in [0.25, 0.3) is 0 Å². The molecule has 3 rings (SSSR count). The van der Waals surface area contributed by atoms with Gasteiger partial charge < -0.3 is 10.2 Å². The Balaban J connectivity index is 1.54. The molecule has 1 aliphatic rings. The second-order valence-electron chi connectivity index (χ2n) is 6.12. The van der Waals surface area contributed by atoms with Gasteiger partial charge in [0.1, 0.15) is 0 Å². The van der Waals surface area contributed by atoms with Crippen molar-refractivity contribution < 1.29 is 4.79 Å². The Morgan fingerprint density at radius 3 is 2.83 bits per heavy atom. The molecule has 0 saturated carbocycles. The Hall–Kier alpha value is -1.94. The minimum Gasteiger partial charge on any atom is -0.361 e. The van der Waals surface area contributed by atoms with Gasteiger partial charge in [-0.05, 0) is 48.8 Å². The highest BCUT2D eigenvalue weighted by Crippen LogP contribution is 2.33. The van der Waals surface area contributed by atoms with Crippen LogP contribution < -0.4 is 10.2 Å². The summed E-state index contributed by atoms with van der Waals surface area (Å²) >= 11 is 1.88. The number of fused-ring (bicyclic) bond motifs is 1. The average molecular weight is 340 g/mol. The molecule has 0 saturated heterocycles. The number of carbonyl (C=O) groups is 1. The van der Waals surface area contributed by atoms with E-state index in [0.717, 1.165) is 25.1 Å². The van der Waals surface area contributed by atoms with Gasteiger partial charge in [0.2, 0.25) is 5.91 Å². The molecule has 0 unspecified atom stereocenters. The van der Waals surface area contributed by atoms with Gasteiger partial charge in [-0.15, -0.1) is 11.8 Å². The summed E-state index contributed by atoms with van der Waals surface area (Å²) in [4.78, 5) is 15.8. The van der Waals surface area contributed by atoms with Crippen molar-refractivity contribution in [3.05, 3.63) is 59.7 Å². The molecule has 0 atom stereocenters. The summed E-state index contributed by atoms with van der Waals surface area (Å²) in [6.07, 6.45) is 1.99. The van der Waals surface area contributed by atoms with Crippen molar-refractivity contribution in [1.29, 1.82) is 0 Å². The number of hydrogen-bond acceptors (Lipinski definition) is 3. The predicted molar refractivity (Wildman–Crippen MR) is 102 cm³/mol. The van der Waals surface area contributed by atoms with E-state index in [1.54, 1.807) is 0 Å². The highest BCUT2D eigenvalue weighted by atomic mass is 32.2. The van der Waals surface area contributed by atoms with Gasteiger partial charge in [-0.3, -0.25) is 4.79 Å². The van der Waals surface area contributed by atoms with Crippen LogP contribution in [0, 0.1) is 6.92 Å². The molecule has 4 heteroatoms. The van der Waals surface area contributed by atoms with Crippen molar-refractivity contribution in [3.63, 3.8) is 0 Å². The second-order valence-corrected chi connectivity index (χ2v) is 7.25. The van der Waals surface area contributed by atoms with Crippen LogP contribution in [0.4, 0.5) is 5.69 Å². The number of thioether (sulfide) groups is 1. The molecule has 0 bridgehead atoms. The Bertz CT molecular complexity index is 702. The van der Waals surface area contributed by atoms with Crippen LogP contribution in [-0.2, 0) is 11.2 Å². The summed E-state index contributed by atoms with van der Waals surface area (Å²) in [5, 5.41) is 3.07. The quantitative estimate of drug-likeness (QED) is 0.901. The maximum absolute atomic E-state index is 12.3. The fourth-order valence-electron chi connectivity index (χ4n) is 3.02. The normalized spacial score (nSPS) is 14.0. The van der Waals surface area contributed by atoms with Crippen molar-refractivity contribution in [2.45, 2.75) is 24.7 Å². The maximum Gasteiger partial charge on any atom is 0.239 e. The molecular weight excluding hydrogens is 316 g/mol. The van der Waals surface area contributed by atoms with Crippen molar-refractivity contribution in [3.8, 4) is 0 Å². The van der Waals surface area contributed by atoms with E-state index in [-0.39, 0.29) is 5.91 Å². The summed E-state index contributed by atoms with van der Waals surface area (Å²) < 4.78 is 0. The highest BCUT2D eigenvalue weighted by molar-refractivity contribution is 7.99. The SMILES string of the molecule is Cc1ccccc1CCNC(=O)CN1CCCSc2ccccc21. The molecule has 0 aliphatic carbocycles. The first kappa shape index (κ1) is 16.9. The first-order valence-corrected chi connectivity index (χ1v) is 9.50. The Labute approximate surface area is 148 Å². The van der Waals surface area contributed by atoms with Crippen LogP contribution in [0.3, 0.4) is 0 Å². The third-order valence-corrected chi connectivity index (χ3v) is 5.50. The first-order chi connectivity index (χ1) is 11.7. The number of anilines is 1. The molecule has 1 aliphatic heterocycles. The topological polar surface area (TPSA) is 32.3 Å². The van der Waals surface area contributed by atoms with Crippen molar-refractivity contribution in [2.24, 2.45) is 0 Å². The van der Waals surface area contributed by atoms with E-state index in [9.17, 15) is 4.79 Å². The van der Waals surface area contributed by atoms with Gasteiger partial charge in [-0.1, -0.05) is 36.4 Å². The first-order valence-electron chi connectivity index (χ1n) is 8.52. The lowest BCUT2D eigenvalue weighted by atomic mass is 10.1. The summed E-state index contributed by atoms with van der Waals surface area (Å²) in [7, 11) is 0. The number of aryl methyl sites for hydroxylation is 1. The Morgan fingerprint density at radius 2 is 1.96 bits per heavy atom. The fourth-order valence-corrected chi connectivity index (χ4v) is 4.03. The zero-order chi connectivity index (χ0) is 16.8. The van der Waals surface area contributed by atoms with Crippen LogP contribution in [0.15, 0.2) is 53.4 Å². The minimum atomic E-state index is 0.102. The van der Waals surface area contributed by atoms with Crippen LogP contribution in [0.1, 0.15) is 17.5 Å². The largest absolute Gasteiger partial charge is 0.361 e. The molecule has 2 aromatic rings. The number of amides is 1. The zero-order valence-corrected chi connectivity index (χ0v) is 14.9. The molecule has 1 N–H and O–H groups in total. The van der Waals surface area contributed by atoms with E-state index < -0.39 is 0 Å². The number of carbonyl (C=O) groups excluding carboxylic acids is 1. The smallest absolute Gasteiger partial charge is 0.239 e. The van der Waals surface area contributed by atoms with Gasteiger partial charge >= 0.3 is 0 Å². The lowest BCUT2D eigenvalue weighted by Crippen LogP contribution is -2.38. The van der Waals surface area contributed by atoms with E-state index in [4.69, 9.17) is 0 Å². The van der Waals surface area contributed by atoms with Crippen molar-refractivity contribution in [1.82, 2.24) is 5.32 Å². The molecule has 3 nitrogen and oxygen atoms in total. The molecule has 24 heavy (non-hydrogen) atoms. The predicted octanol–water partition coefficient (Wildman–Crippen LogP) is 3.66. The molecular formula is C20H24N2OS. The lowest BCUT2D eigenvalue weighted by Gasteiger charge is -2.23. The summed E-state index contributed by atoms with van der Waals surface area (Å²) in [6.45, 7) is 4.18. The molecule has 1 heterocycles. The van der Waals surface area contributed by atoms with E-state index in [0.29, 0.717) is 13.1 Å². The maximum atomic E-state index is 12.3. The zero-order valence-electron chi connectivity index (χ0n) is 14.1. The summed E-state index contributed by atoms with van der Waals surface area (Å²) in [6, 6.07) is 16.7. The number of nitrogens with zero attached hydrogens (tertiary/aromatic N) is 1. The van der Waals surface area contributed by atoms with Gasteiger partial charge in [0.15, 0.2) is 0 Å². The fraction of sp³-hybridized carbons (Fsp3) is 0.350. The van der Waals surface area contributed by atoms with Crippen molar-refractivity contribution >= 4 is 23.4 Å². The summed E-state index contributed by atoms with van der Waals surface area (Å²) in [5.74, 6) is 1.22. The molecule has 0 radical (unpaired) electrons. The van der Waals surface area contributed by atoms with Crippen LogP contribution in [-0.4, -0.2) is 31.3 Å². The van der Waals surface area contributed by atoms with Gasteiger partial charge in [-0.25, -0.2) is 0 Å². The van der Waals surface area contributed by atoms with Crippen molar-refractivity contribution in [2.75, 3.05) is 30.3 Å².